The molecule has 1 amide bonds. The first-order valence-electron chi connectivity index (χ1n) is 13.3. The highest BCUT2D eigenvalue weighted by Gasteiger charge is 2.24. The average molecular weight is 586 g/mol. The molecule has 222 valence electrons. The summed E-state index contributed by atoms with van der Waals surface area (Å²) in [6.07, 6.45) is 6.11. The van der Waals surface area contributed by atoms with Crippen LogP contribution in [0.5, 0.6) is 17.4 Å². The summed E-state index contributed by atoms with van der Waals surface area (Å²) in [4.78, 5) is 17.3. The molecule has 42 heavy (non-hydrogen) atoms. The van der Waals surface area contributed by atoms with Crippen LogP contribution in [-0.4, -0.2) is 61.3 Å². The number of amides is 1. The molecule has 0 atom stereocenters. The highest BCUT2D eigenvalue weighted by Crippen LogP contribution is 2.42. The molecule has 0 aliphatic heterocycles. The van der Waals surface area contributed by atoms with Crippen molar-refractivity contribution in [2.24, 2.45) is 0 Å². The molecule has 1 heterocycles. The summed E-state index contributed by atoms with van der Waals surface area (Å²) < 4.78 is 65.6. The van der Waals surface area contributed by atoms with Crippen LogP contribution in [-0.2, 0) is 11.2 Å². The maximum atomic E-state index is 15.7. The summed E-state index contributed by atoms with van der Waals surface area (Å²) in [6.45, 7) is -2.10. The lowest BCUT2D eigenvalue weighted by atomic mass is 9.88. The van der Waals surface area contributed by atoms with Crippen molar-refractivity contribution in [3.8, 4) is 17.4 Å². The van der Waals surface area contributed by atoms with E-state index in [-0.39, 0.29) is 29.7 Å². The number of ether oxygens (including phenoxy) is 2. The van der Waals surface area contributed by atoms with Gasteiger partial charge in [-0.2, -0.15) is 8.78 Å². The van der Waals surface area contributed by atoms with Crippen LogP contribution >= 0.6 is 0 Å². The SMILES string of the molecule is CN(C)C(=O)/C=C/CNCCOc1cc(F)c(C2=C(c3ccc(OC(F)F)c(F)c3)CCCc3cc(O)ccc32)cn1. The smallest absolute Gasteiger partial charge is 0.387 e. The minimum Gasteiger partial charge on any atom is -0.508 e. The molecule has 3 aromatic rings. The fourth-order valence-corrected chi connectivity index (χ4v) is 4.65. The lowest BCUT2D eigenvalue weighted by Crippen LogP contribution is -2.22. The first kappa shape index (κ1) is 30.6. The van der Waals surface area contributed by atoms with Crippen LogP contribution in [0.3, 0.4) is 0 Å². The number of nitrogens with one attached hydrogen (secondary N) is 1. The molecule has 0 saturated carbocycles. The third-order valence-corrected chi connectivity index (χ3v) is 6.62. The standard InChI is InChI=1S/C31H31F4N3O4/c1-38(2)29(40)7-4-12-36-13-14-41-28-17-25(32)24(18-37-28)30-22(6-3-5-19-15-21(39)9-10-23(19)30)20-8-11-27(26(33)16-20)42-31(34)35/h4,7-11,15-18,31,36,39H,3,5-6,12-14H2,1-2H3/b7-4+. The molecule has 0 saturated heterocycles. The van der Waals surface area contributed by atoms with Crippen LogP contribution in [0.4, 0.5) is 17.6 Å². The molecule has 1 aliphatic carbocycles. The number of pyridine rings is 1. The van der Waals surface area contributed by atoms with E-state index in [0.29, 0.717) is 54.6 Å². The van der Waals surface area contributed by atoms with Crippen molar-refractivity contribution in [1.82, 2.24) is 15.2 Å². The van der Waals surface area contributed by atoms with Gasteiger partial charge in [0.15, 0.2) is 11.6 Å². The Morgan fingerprint density at radius 2 is 1.90 bits per heavy atom. The quantitative estimate of drug-likeness (QED) is 0.174. The molecule has 0 spiro atoms. The number of aryl methyl sites for hydroxylation is 1. The molecule has 0 bridgehead atoms. The van der Waals surface area contributed by atoms with Gasteiger partial charge in [0.05, 0.1) is 0 Å². The van der Waals surface area contributed by atoms with Gasteiger partial charge < -0.3 is 24.8 Å². The van der Waals surface area contributed by atoms with Crippen molar-refractivity contribution < 1.29 is 36.9 Å². The third-order valence-electron chi connectivity index (χ3n) is 6.62. The second kappa shape index (κ2) is 14.0. The zero-order valence-electron chi connectivity index (χ0n) is 23.2. The molecule has 7 nitrogen and oxygen atoms in total. The topological polar surface area (TPSA) is 83.9 Å². The van der Waals surface area contributed by atoms with Gasteiger partial charge in [0.2, 0.25) is 11.8 Å². The van der Waals surface area contributed by atoms with Crippen molar-refractivity contribution in [3.63, 3.8) is 0 Å². The van der Waals surface area contributed by atoms with E-state index in [4.69, 9.17) is 4.74 Å². The van der Waals surface area contributed by atoms with Crippen LogP contribution in [0.1, 0.15) is 35.1 Å². The molecule has 4 rings (SSSR count). The molecule has 0 fully saturated rings. The minimum atomic E-state index is -3.18. The molecule has 1 aliphatic rings. The lowest BCUT2D eigenvalue weighted by Gasteiger charge is -2.18. The first-order chi connectivity index (χ1) is 20.1. The number of benzene rings is 2. The van der Waals surface area contributed by atoms with E-state index in [2.05, 4.69) is 15.0 Å². The number of halogens is 4. The number of hydrogen-bond acceptors (Lipinski definition) is 6. The minimum absolute atomic E-state index is 0.0619. The molecular weight excluding hydrogens is 554 g/mol. The number of hydrogen-bond donors (Lipinski definition) is 2. The van der Waals surface area contributed by atoms with Gasteiger partial charge in [0.25, 0.3) is 0 Å². The van der Waals surface area contributed by atoms with Crippen LogP contribution < -0.4 is 14.8 Å². The monoisotopic (exact) mass is 585 g/mol. The van der Waals surface area contributed by atoms with Crippen molar-refractivity contribution >= 4 is 17.1 Å². The van der Waals surface area contributed by atoms with Crippen molar-refractivity contribution in [1.29, 1.82) is 0 Å². The summed E-state index contributed by atoms with van der Waals surface area (Å²) >= 11 is 0. The molecule has 0 unspecified atom stereocenters. The number of likely N-dealkylation sites (N-methyl/N-ethyl adjacent to an activating group) is 1. The molecular formula is C31H31F4N3O4. The number of allylic oxidation sites excluding steroid dienone is 1. The predicted molar refractivity (Wildman–Crippen MR) is 150 cm³/mol. The second-order valence-electron chi connectivity index (χ2n) is 9.76. The number of aromatic hydroxyl groups is 1. The van der Waals surface area contributed by atoms with Gasteiger partial charge in [0.1, 0.15) is 18.2 Å². The number of fused-ring (bicyclic) bond motifs is 1. The summed E-state index contributed by atoms with van der Waals surface area (Å²) in [5.41, 5.74) is 3.02. The van der Waals surface area contributed by atoms with E-state index in [1.807, 2.05) is 0 Å². The fourth-order valence-electron chi connectivity index (χ4n) is 4.65. The molecule has 1 aromatic heterocycles. The number of alkyl halides is 2. The van der Waals surface area contributed by atoms with E-state index < -0.39 is 24.0 Å². The van der Waals surface area contributed by atoms with Gasteiger partial charge in [-0.25, -0.2) is 13.8 Å². The largest absolute Gasteiger partial charge is 0.508 e. The number of nitrogens with zero attached hydrogens (tertiary/aromatic N) is 2. The summed E-state index contributed by atoms with van der Waals surface area (Å²) in [5, 5.41) is 13.2. The van der Waals surface area contributed by atoms with Crippen LogP contribution in [0, 0.1) is 11.6 Å². The Balaban J connectivity index is 1.60. The second-order valence-corrected chi connectivity index (χ2v) is 9.76. The number of carbonyl (C=O) groups excluding carboxylic acids is 1. The Hall–Kier alpha value is -4.38. The maximum Gasteiger partial charge on any atom is 0.387 e. The summed E-state index contributed by atoms with van der Waals surface area (Å²) in [6, 6.07) is 9.62. The van der Waals surface area contributed by atoms with Crippen LogP contribution in [0.15, 0.2) is 60.8 Å². The Labute approximate surface area is 241 Å². The summed E-state index contributed by atoms with van der Waals surface area (Å²) in [7, 11) is 3.32. The molecule has 11 heteroatoms. The van der Waals surface area contributed by atoms with E-state index in [1.54, 1.807) is 32.3 Å². The Morgan fingerprint density at radius 3 is 2.62 bits per heavy atom. The van der Waals surface area contributed by atoms with E-state index in [0.717, 1.165) is 17.7 Å². The first-order valence-corrected chi connectivity index (χ1v) is 13.3. The van der Waals surface area contributed by atoms with E-state index >= 15 is 4.39 Å². The van der Waals surface area contributed by atoms with E-state index in [1.165, 1.54) is 35.4 Å². The Kier molecular flexibility index (Phi) is 10.2. The predicted octanol–water partition coefficient (Wildman–Crippen LogP) is 5.58. The zero-order valence-corrected chi connectivity index (χ0v) is 23.2. The number of phenols is 1. The summed E-state index contributed by atoms with van der Waals surface area (Å²) in [5.74, 6) is -2.17. The lowest BCUT2D eigenvalue weighted by molar-refractivity contribution is -0.123. The van der Waals surface area contributed by atoms with Gasteiger partial charge in [-0.05, 0) is 71.4 Å². The van der Waals surface area contributed by atoms with Crippen molar-refractivity contribution in [3.05, 3.63) is 94.7 Å². The number of carbonyl (C=O) groups is 1. The number of phenolic OH excluding ortho intramolecular Hbond substituents is 1. The molecule has 0 radical (unpaired) electrons. The van der Waals surface area contributed by atoms with Crippen molar-refractivity contribution in [2.45, 2.75) is 25.9 Å². The van der Waals surface area contributed by atoms with Gasteiger partial charge in [-0.3, -0.25) is 4.79 Å². The van der Waals surface area contributed by atoms with Crippen LogP contribution in [0.2, 0.25) is 0 Å². The van der Waals surface area contributed by atoms with Gasteiger partial charge in [-0.1, -0.05) is 18.2 Å². The zero-order chi connectivity index (χ0) is 30.2. The van der Waals surface area contributed by atoms with Gasteiger partial charge in [-0.15, -0.1) is 0 Å². The van der Waals surface area contributed by atoms with Crippen molar-refractivity contribution in [2.75, 3.05) is 33.8 Å². The number of aromatic nitrogens is 1. The number of rotatable bonds is 11. The van der Waals surface area contributed by atoms with Gasteiger partial charge >= 0.3 is 6.61 Å². The van der Waals surface area contributed by atoms with Crippen LogP contribution in [0.25, 0.3) is 11.1 Å². The average Bonchev–Trinajstić information content (AvgIpc) is 3.12. The molecule has 2 aromatic carbocycles. The highest BCUT2D eigenvalue weighted by atomic mass is 19.3. The van der Waals surface area contributed by atoms with Gasteiger partial charge in [0, 0.05) is 51.1 Å². The normalized spacial score (nSPS) is 13.3. The fraction of sp³-hybridized carbons (Fsp3) is 0.290. The maximum absolute atomic E-state index is 15.7. The molecule has 2 N–H and O–H groups in total. The Bertz CT molecular complexity index is 1490. The highest BCUT2D eigenvalue weighted by molar-refractivity contribution is 6.00. The third kappa shape index (κ3) is 7.67. The van der Waals surface area contributed by atoms with E-state index in [9.17, 15) is 23.1 Å². The Morgan fingerprint density at radius 1 is 1.10 bits per heavy atom.